The number of carbonyl (C=O) groups excluding carboxylic acids is 2. The van der Waals surface area contributed by atoms with E-state index in [9.17, 15) is 22.4 Å². The van der Waals surface area contributed by atoms with E-state index in [-0.39, 0.29) is 11.4 Å². The molecule has 0 aliphatic heterocycles. The molecule has 0 bridgehead atoms. The molecule has 138 valence electrons. The summed E-state index contributed by atoms with van der Waals surface area (Å²) in [4.78, 5) is 24.2. The van der Waals surface area contributed by atoms with Gasteiger partial charge in [0.15, 0.2) is 0 Å². The second-order valence-corrected chi connectivity index (χ2v) is 8.13. The van der Waals surface area contributed by atoms with Crippen LogP contribution in [0, 0.1) is 12.7 Å². The molecule has 26 heavy (non-hydrogen) atoms. The molecular weight excluding hydrogens is 359 g/mol. The largest absolute Gasteiger partial charge is 0.340 e. The molecule has 2 aromatic carbocycles. The van der Waals surface area contributed by atoms with Crippen molar-refractivity contribution in [3.63, 3.8) is 0 Å². The Hall–Kier alpha value is -2.74. The molecule has 0 aromatic heterocycles. The Balaban J connectivity index is 2.12. The molecule has 0 aliphatic carbocycles. The highest BCUT2D eigenvalue weighted by Crippen LogP contribution is 2.16. The van der Waals surface area contributed by atoms with Gasteiger partial charge in [0.25, 0.3) is 0 Å². The average molecular weight is 378 g/mol. The molecule has 8 heteroatoms. The van der Waals surface area contributed by atoms with Gasteiger partial charge in [-0.3, -0.25) is 9.59 Å². The van der Waals surface area contributed by atoms with E-state index in [0.717, 1.165) is 12.3 Å². The Morgan fingerprint density at radius 2 is 1.73 bits per heavy atom. The van der Waals surface area contributed by atoms with Gasteiger partial charge in [-0.25, -0.2) is 12.8 Å². The first-order valence-electron chi connectivity index (χ1n) is 7.76. The van der Waals surface area contributed by atoms with Crippen molar-refractivity contribution < 1.29 is 22.4 Å². The van der Waals surface area contributed by atoms with Crippen LogP contribution in [0.5, 0.6) is 0 Å². The number of anilines is 1. The molecule has 1 atom stereocenters. The maximum Gasteiger partial charge on any atom is 0.313 e. The predicted octanol–water partition coefficient (Wildman–Crippen LogP) is 1.97. The minimum absolute atomic E-state index is 0.132. The zero-order valence-electron chi connectivity index (χ0n) is 14.3. The summed E-state index contributed by atoms with van der Waals surface area (Å²) >= 11 is 0. The van der Waals surface area contributed by atoms with Crippen LogP contribution in [0.25, 0.3) is 0 Å². The first-order chi connectivity index (χ1) is 12.2. The van der Waals surface area contributed by atoms with Crippen LogP contribution in [0.4, 0.5) is 10.1 Å². The number of aryl methyl sites for hydroxylation is 1. The summed E-state index contributed by atoms with van der Waals surface area (Å²) in [5.41, 5.74) is 1.10. The number of nitrogens with one attached hydrogen (secondary N) is 2. The molecule has 0 aliphatic rings. The van der Waals surface area contributed by atoms with Gasteiger partial charge < -0.3 is 10.6 Å². The number of hydrogen-bond acceptors (Lipinski definition) is 4. The van der Waals surface area contributed by atoms with Crippen LogP contribution >= 0.6 is 0 Å². The Bertz CT molecular complexity index is 914. The zero-order valence-corrected chi connectivity index (χ0v) is 15.1. The van der Waals surface area contributed by atoms with Gasteiger partial charge in [0, 0.05) is 11.9 Å². The summed E-state index contributed by atoms with van der Waals surface area (Å²) in [5.74, 6) is -2.89. The maximum absolute atomic E-state index is 13.5. The van der Waals surface area contributed by atoms with Crippen LogP contribution in [-0.2, 0) is 19.4 Å². The van der Waals surface area contributed by atoms with E-state index < -0.39 is 33.5 Å². The van der Waals surface area contributed by atoms with Crippen LogP contribution in [-0.4, -0.2) is 32.2 Å². The monoisotopic (exact) mass is 378 g/mol. The molecule has 0 saturated heterocycles. The summed E-state index contributed by atoms with van der Waals surface area (Å²) in [6, 6.07) is 11.6. The fourth-order valence-corrected chi connectivity index (χ4v) is 3.17. The minimum atomic E-state index is -3.41. The van der Waals surface area contributed by atoms with E-state index in [4.69, 9.17) is 0 Å². The number of halogens is 1. The van der Waals surface area contributed by atoms with Gasteiger partial charge in [-0.2, -0.15) is 0 Å². The van der Waals surface area contributed by atoms with Crippen molar-refractivity contribution >= 4 is 27.3 Å². The molecule has 1 unspecified atom stereocenters. The second kappa shape index (κ2) is 8.09. The first-order valence-corrected chi connectivity index (χ1v) is 9.82. The molecule has 0 heterocycles. The van der Waals surface area contributed by atoms with Gasteiger partial charge in [0.1, 0.15) is 15.7 Å². The van der Waals surface area contributed by atoms with E-state index in [1.807, 2.05) is 0 Å². The molecular formula is C18H19FN2O4S. The number of sulfone groups is 1. The molecule has 6 nitrogen and oxygen atoms in total. The molecule has 0 spiro atoms. The number of benzene rings is 2. The summed E-state index contributed by atoms with van der Waals surface area (Å²) in [5, 5.41) is 4.70. The minimum Gasteiger partial charge on any atom is -0.340 e. The van der Waals surface area contributed by atoms with Gasteiger partial charge in [-0.15, -0.1) is 0 Å². The van der Waals surface area contributed by atoms with E-state index in [1.54, 1.807) is 37.3 Å². The first kappa shape index (κ1) is 19.6. The topological polar surface area (TPSA) is 92.3 Å². The molecule has 2 N–H and O–H groups in total. The normalized spacial score (nSPS) is 12.3. The van der Waals surface area contributed by atoms with E-state index in [1.165, 1.54) is 12.1 Å². The molecule has 0 saturated carbocycles. The lowest BCUT2D eigenvalue weighted by Gasteiger charge is -2.18. The number of carbonyl (C=O) groups is 2. The fourth-order valence-electron chi connectivity index (χ4n) is 2.29. The Labute approximate surface area is 151 Å². The molecule has 0 fully saturated rings. The molecule has 2 aromatic rings. The SMILES string of the molecule is Cc1ccc(NC(=O)C(=O)NC(CS(C)(=O)=O)c2ccccc2)cc1F. The van der Waals surface area contributed by atoms with Crippen LogP contribution < -0.4 is 10.6 Å². The zero-order chi connectivity index (χ0) is 19.3. The van der Waals surface area contributed by atoms with Crippen LogP contribution in [0.1, 0.15) is 17.2 Å². The number of rotatable bonds is 5. The summed E-state index contributed by atoms with van der Waals surface area (Å²) < 4.78 is 36.8. The van der Waals surface area contributed by atoms with Crippen molar-refractivity contribution in [2.24, 2.45) is 0 Å². The van der Waals surface area contributed by atoms with E-state index in [2.05, 4.69) is 10.6 Å². The third-order valence-corrected chi connectivity index (χ3v) is 4.55. The summed E-state index contributed by atoms with van der Waals surface area (Å²) in [7, 11) is -3.41. The van der Waals surface area contributed by atoms with Crippen LogP contribution in [0.3, 0.4) is 0 Å². The standard InChI is InChI=1S/C18H19FN2O4S/c1-12-8-9-14(10-15(12)19)20-17(22)18(23)21-16(11-26(2,24)25)13-6-4-3-5-7-13/h3-10,16H,11H2,1-2H3,(H,20,22)(H,21,23). The number of hydrogen-bond donors (Lipinski definition) is 2. The van der Waals surface area contributed by atoms with Gasteiger partial charge in [0.2, 0.25) is 0 Å². The van der Waals surface area contributed by atoms with E-state index >= 15 is 0 Å². The predicted molar refractivity (Wildman–Crippen MR) is 96.8 cm³/mol. The third-order valence-electron chi connectivity index (χ3n) is 3.61. The van der Waals surface area contributed by atoms with Gasteiger partial charge in [0.05, 0.1) is 11.8 Å². The van der Waals surface area contributed by atoms with Crippen molar-refractivity contribution in [3.05, 3.63) is 65.5 Å². The molecule has 2 amide bonds. The fraction of sp³-hybridized carbons (Fsp3) is 0.222. The number of amides is 2. The van der Waals surface area contributed by atoms with E-state index in [0.29, 0.717) is 11.1 Å². The molecule has 2 rings (SSSR count). The lowest BCUT2D eigenvalue weighted by Crippen LogP contribution is -2.40. The summed E-state index contributed by atoms with van der Waals surface area (Å²) in [6.07, 6.45) is 1.05. The van der Waals surface area contributed by atoms with Crippen molar-refractivity contribution in [2.75, 3.05) is 17.3 Å². The Morgan fingerprint density at radius 1 is 1.08 bits per heavy atom. The van der Waals surface area contributed by atoms with Crippen LogP contribution in [0.2, 0.25) is 0 Å². The van der Waals surface area contributed by atoms with Crippen LogP contribution in [0.15, 0.2) is 48.5 Å². The van der Waals surface area contributed by atoms with Crippen molar-refractivity contribution in [1.29, 1.82) is 0 Å². The van der Waals surface area contributed by atoms with Crippen molar-refractivity contribution in [2.45, 2.75) is 13.0 Å². The highest BCUT2D eigenvalue weighted by Gasteiger charge is 2.23. The smallest absolute Gasteiger partial charge is 0.313 e. The lowest BCUT2D eigenvalue weighted by molar-refractivity contribution is -0.136. The lowest BCUT2D eigenvalue weighted by atomic mass is 10.1. The average Bonchev–Trinajstić information content (AvgIpc) is 2.57. The van der Waals surface area contributed by atoms with Crippen molar-refractivity contribution in [1.82, 2.24) is 5.32 Å². The summed E-state index contributed by atoms with van der Waals surface area (Å²) in [6.45, 7) is 1.57. The van der Waals surface area contributed by atoms with Gasteiger partial charge >= 0.3 is 11.8 Å². The van der Waals surface area contributed by atoms with Gasteiger partial charge in [-0.1, -0.05) is 36.4 Å². The maximum atomic E-state index is 13.5. The quantitative estimate of drug-likeness (QED) is 0.778. The second-order valence-electron chi connectivity index (χ2n) is 5.95. The van der Waals surface area contributed by atoms with Gasteiger partial charge in [-0.05, 0) is 30.2 Å². The third kappa shape index (κ3) is 5.66. The molecule has 0 radical (unpaired) electrons. The Morgan fingerprint density at radius 3 is 2.31 bits per heavy atom. The highest BCUT2D eigenvalue weighted by atomic mass is 32.2. The Kier molecular flexibility index (Phi) is 6.10. The van der Waals surface area contributed by atoms with Crippen molar-refractivity contribution in [3.8, 4) is 0 Å². The highest BCUT2D eigenvalue weighted by molar-refractivity contribution is 7.90.